The summed E-state index contributed by atoms with van der Waals surface area (Å²) in [6, 6.07) is 6.71. The Balaban J connectivity index is 2.21. The molecule has 0 fully saturated rings. The van der Waals surface area contributed by atoms with Crippen LogP contribution in [0.3, 0.4) is 0 Å². The lowest BCUT2D eigenvalue weighted by molar-refractivity contribution is 0.0581. The number of benzene rings is 1. The van der Waals surface area contributed by atoms with Crippen molar-refractivity contribution in [2.45, 2.75) is 26.4 Å². The highest BCUT2D eigenvalue weighted by molar-refractivity contribution is 7.13. The monoisotopic (exact) mass is 378 g/mol. The Morgan fingerprint density at radius 1 is 1.19 bits per heavy atom. The highest BCUT2D eigenvalue weighted by Crippen LogP contribution is 2.22. The van der Waals surface area contributed by atoms with Gasteiger partial charge in [-0.2, -0.15) is 0 Å². The SMILES string of the molecule is CC(C)(C)OC(=O)N(CCN(C(=O)O)c1nccs1)c1ccc(N)cc1. The molecule has 0 saturated carbocycles. The molecule has 2 rings (SSSR count). The topological polar surface area (TPSA) is 109 Å². The van der Waals surface area contributed by atoms with Crippen LogP contribution in [0, 0.1) is 0 Å². The van der Waals surface area contributed by atoms with Crippen LogP contribution in [0.1, 0.15) is 20.8 Å². The second-order valence-corrected chi connectivity index (χ2v) is 7.35. The van der Waals surface area contributed by atoms with Crippen LogP contribution in [-0.4, -0.2) is 41.0 Å². The van der Waals surface area contributed by atoms with Gasteiger partial charge in [0.15, 0.2) is 5.13 Å². The third-order valence-corrected chi connectivity index (χ3v) is 4.04. The summed E-state index contributed by atoms with van der Waals surface area (Å²) >= 11 is 1.21. The van der Waals surface area contributed by atoms with Gasteiger partial charge >= 0.3 is 12.2 Å². The molecule has 140 valence electrons. The fourth-order valence-electron chi connectivity index (χ4n) is 2.12. The van der Waals surface area contributed by atoms with Crippen LogP contribution >= 0.6 is 11.3 Å². The molecule has 0 unspecified atom stereocenters. The summed E-state index contributed by atoms with van der Waals surface area (Å²) in [7, 11) is 0. The fraction of sp³-hybridized carbons (Fsp3) is 0.353. The number of anilines is 3. The largest absolute Gasteiger partial charge is 0.465 e. The average molecular weight is 378 g/mol. The van der Waals surface area contributed by atoms with Crippen molar-refractivity contribution in [1.82, 2.24) is 4.98 Å². The molecule has 1 aromatic heterocycles. The summed E-state index contributed by atoms with van der Waals surface area (Å²) in [5, 5.41) is 11.5. The zero-order chi connectivity index (χ0) is 19.3. The van der Waals surface area contributed by atoms with Gasteiger partial charge in [0.25, 0.3) is 0 Å². The Kier molecular flexibility index (Phi) is 6.04. The maximum atomic E-state index is 12.6. The molecule has 2 aromatic rings. The van der Waals surface area contributed by atoms with Crippen LogP contribution in [0.25, 0.3) is 0 Å². The molecule has 9 heteroatoms. The first kappa shape index (κ1) is 19.5. The number of carbonyl (C=O) groups is 2. The van der Waals surface area contributed by atoms with Crippen molar-refractivity contribution in [2.24, 2.45) is 0 Å². The molecule has 0 aliphatic rings. The molecule has 8 nitrogen and oxygen atoms in total. The van der Waals surface area contributed by atoms with Crippen LogP contribution in [0.4, 0.5) is 26.1 Å². The van der Waals surface area contributed by atoms with E-state index in [1.54, 1.807) is 50.4 Å². The van der Waals surface area contributed by atoms with E-state index < -0.39 is 17.8 Å². The lowest BCUT2D eigenvalue weighted by atomic mass is 10.2. The number of nitrogens with zero attached hydrogens (tertiary/aromatic N) is 3. The molecule has 1 heterocycles. The number of amides is 2. The highest BCUT2D eigenvalue weighted by Gasteiger charge is 2.25. The summed E-state index contributed by atoms with van der Waals surface area (Å²) in [5.41, 5.74) is 6.16. The van der Waals surface area contributed by atoms with E-state index in [1.807, 2.05) is 0 Å². The quantitative estimate of drug-likeness (QED) is 0.769. The van der Waals surface area contributed by atoms with Crippen molar-refractivity contribution in [3.05, 3.63) is 35.8 Å². The molecule has 0 aliphatic heterocycles. The van der Waals surface area contributed by atoms with Crippen molar-refractivity contribution in [3.8, 4) is 0 Å². The minimum absolute atomic E-state index is 0.0481. The minimum atomic E-state index is -1.14. The molecule has 2 amide bonds. The van der Waals surface area contributed by atoms with E-state index in [1.165, 1.54) is 22.4 Å². The summed E-state index contributed by atoms with van der Waals surface area (Å²) in [4.78, 5) is 30.6. The Morgan fingerprint density at radius 3 is 2.31 bits per heavy atom. The molecule has 0 spiro atoms. The molecule has 0 atom stereocenters. The average Bonchev–Trinajstić information content (AvgIpc) is 3.04. The summed E-state index contributed by atoms with van der Waals surface area (Å²) in [6.45, 7) is 5.46. The van der Waals surface area contributed by atoms with E-state index in [4.69, 9.17) is 10.5 Å². The highest BCUT2D eigenvalue weighted by atomic mass is 32.1. The standard InChI is InChI=1S/C17H22N4O4S/c1-17(2,3)25-16(24)20(13-6-4-12(18)5-7-13)9-10-21(15(22)23)14-19-8-11-26-14/h4-8,11H,9-10,18H2,1-3H3,(H,22,23). The number of carboxylic acid groups (broad SMARTS) is 1. The van der Waals surface area contributed by atoms with E-state index in [0.29, 0.717) is 16.5 Å². The van der Waals surface area contributed by atoms with Gasteiger partial charge in [-0.25, -0.2) is 14.6 Å². The Labute approximate surface area is 155 Å². The Morgan fingerprint density at radius 2 is 1.81 bits per heavy atom. The number of thiazole rings is 1. The normalized spacial score (nSPS) is 11.0. The third-order valence-electron chi connectivity index (χ3n) is 3.25. The summed E-state index contributed by atoms with van der Waals surface area (Å²) < 4.78 is 5.44. The van der Waals surface area contributed by atoms with Crippen molar-refractivity contribution in [1.29, 1.82) is 0 Å². The Hall–Kier alpha value is -2.81. The summed E-state index contributed by atoms with van der Waals surface area (Å²) in [6.07, 6.45) is -0.171. The van der Waals surface area contributed by atoms with Gasteiger partial charge < -0.3 is 15.6 Å². The van der Waals surface area contributed by atoms with Gasteiger partial charge in [-0.15, -0.1) is 11.3 Å². The number of ether oxygens (including phenoxy) is 1. The van der Waals surface area contributed by atoms with Crippen LogP contribution in [0.15, 0.2) is 35.8 Å². The van der Waals surface area contributed by atoms with Crippen LogP contribution in [-0.2, 0) is 4.74 Å². The van der Waals surface area contributed by atoms with Crippen molar-refractivity contribution in [3.63, 3.8) is 0 Å². The maximum Gasteiger partial charge on any atom is 0.414 e. The van der Waals surface area contributed by atoms with Gasteiger partial charge in [0.1, 0.15) is 5.60 Å². The predicted octanol–water partition coefficient (Wildman–Crippen LogP) is 3.65. The van der Waals surface area contributed by atoms with Gasteiger partial charge in [-0.3, -0.25) is 9.80 Å². The van der Waals surface area contributed by atoms with E-state index in [0.717, 1.165) is 4.90 Å². The number of carbonyl (C=O) groups excluding carboxylic acids is 1. The molecule has 3 N–H and O–H groups in total. The molecule has 1 aromatic carbocycles. The second kappa shape index (κ2) is 8.05. The van der Waals surface area contributed by atoms with E-state index in [-0.39, 0.29) is 13.1 Å². The maximum absolute atomic E-state index is 12.6. The lowest BCUT2D eigenvalue weighted by Crippen LogP contribution is -2.43. The molecular weight excluding hydrogens is 356 g/mol. The van der Waals surface area contributed by atoms with Crippen molar-refractivity contribution >= 4 is 40.0 Å². The fourth-order valence-corrected chi connectivity index (χ4v) is 2.78. The zero-order valence-corrected chi connectivity index (χ0v) is 15.7. The van der Waals surface area contributed by atoms with Crippen LogP contribution in [0.5, 0.6) is 0 Å². The summed E-state index contributed by atoms with van der Waals surface area (Å²) in [5.74, 6) is 0. The van der Waals surface area contributed by atoms with Gasteiger partial charge in [0, 0.05) is 36.0 Å². The molecule has 0 saturated heterocycles. The lowest BCUT2D eigenvalue weighted by Gasteiger charge is -2.28. The second-order valence-electron chi connectivity index (χ2n) is 6.47. The van der Waals surface area contributed by atoms with E-state index in [9.17, 15) is 14.7 Å². The number of aromatic nitrogens is 1. The first-order valence-electron chi connectivity index (χ1n) is 7.93. The number of rotatable bonds is 5. The van der Waals surface area contributed by atoms with Gasteiger partial charge in [-0.1, -0.05) is 0 Å². The first-order valence-corrected chi connectivity index (χ1v) is 8.81. The first-order chi connectivity index (χ1) is 12.2. The molecule has 0 aliphatic carbocycles. The van der Waals surface area contributed by atoms with Crippen LogP contribution < -0.4 is 15.5 Å². The molecular formula is C17H22N4O4S. The predicted molar refractivity (Wildman–Crippen MR) is 102 cm³/mol. The number of nitrogen functional groups attached to an aromatic ring is 1. The minimum Gasteiger partial charge on any atom is -0.465 e. The molecule has 0 radical (unpaired) electrons. The number of hydrogen-bond donors (Lipinski definition) is 2. The van der Waals surface area contributed by atoms with E-state index in [2.05, 4.69) is 4.98 Å². The van der Waals surface area contributed by atoms with Gasteiger partial charge in [0.05, 0.1) is 0 Å². The zero-order valence-electron chi connectivity index (χ0n) is 14.9. The number of hydrogen-bond acceptors (Lipinski definition) is 6. The van der Waals surface area contributed by atoms with Gasteiger partial charge in [0.2, 0.25) is 0 Å². The molecule has 0 bridgehead atoms. The van der Waals surface area contributed by atoms with Gasteiger partial charge in [-0.05, 0) is 45.0 Å². The van der Waals surface area contributed by atoms with E-state index >= 15 is 0 Å². The van der Waals surface area contributed by atoms with Crippen molar-refractivity contribution in [2.75, 3.05) is 28.6 Å². The molecule has 26 heavy (non-hydrogen) atoms. The smallest absolute Gasteiger partial charge is 0.414 e. The van der Waals surface area contributed by atoms with Crippen molar-refractivity contribution < 1.29 is 19.4 Å². The number of nitrogens with two attached hydrogens (primary N) is 1. The Bertz CT molecular complexity index is 741. The van der Waals surface area contributed by atoms with Crippen LogP contribution in [0.2, 0.25) is 0 Å². The third kappa shape index (κ3) is 5.35.